The average Bonchev–Trinajstić information content (AvgIpc) is 1.72. The summed E-state index contributed by atoms with van der Waals surface area (Å²) in [6.45, 7) is 11.7. The lowest BCUT2D eigenvalue weighted by atomic mass is 10.2. The summed E-state index contributed by atoms with van der Waals surface area (Å²) < 4.78 is 98.4. The fourth-order valence-corrected chi connectivity index (χ4v) is 12.8. The number of nitrogens with zero attached hydrogens (tertiary/aromatic N) is 7. The molecule has 0 N–H and O–H groups in total. The van der Waals surface area contributed by atoms with Gasteiger partial charge >= 0.3 is 0 Å². The molecule has 7 aromatic rings. The van der Waals surface area contributed by atoms with Crippen LogP contribution in [0.25, 0.3) is 0 Å². The molecule has 7 aliphatic heterocycles. The lowest BCUT2D eigenvalue weighted by Gasteiger charge is -2.15. The highest BCUT2D eigenvalue weighted by Gasteiger charge is 2.32. The minimum absolute atomic E-state index is 0.275. The van der Waals surface area contributed by atoms with Crippen LogP contribution >= 0.6 is 0 Å². The second kappa shape index (κ2) is 56.3. The third-order valence-electron chi connectivity index (χ3n) is 19.5. The van der Waals surface area contributed by atoms with Crippen LogP contribution in [-0.2, 0) is 119 Å². The lowest BCUT2D eigenvalue weighted by Crippen LogP contribution is -2.29. The molecule has 39 nitrogen and oxygen atoms in total. The number of rotatable bonds is 56. The fourth-order valence-electron chi connectivity index (χ4n) is 12.8. The molecule has 138 heavy (non-hydrogen) atoms. The average molecular weight is 1900 g/mol. The number of ether oxygens (including phenoxy) is 18. The van der Waals surface area contributed by atoms with E-state index in [-0.39, 0.29) is 95.9 Å². The minimum atomic E-state index is -0.372. The van der Waals surface area contributed by atoms with Gasteiger partial charge in [-0.15, -0.1) is 0 Å². The number of benzene rings is 7. The van der Waals surface area contributed by atoms with E-state index >= 15 is 0 Å². The Morgan fingerprint density at radius 2 is 0.232 bits per heavy atom. The maximum Gasteiger partial charge on any atom is 0.258 e. The largest absolute Gasteiger partial charge is 0.491 e. The molecule has 14 amide bonds. The number of methoxy groups -OCH3 is 1. The third kappa shape index (κ3) is 32.9. The molecule has 0 aliphatic carbocycles. The van der Waals surface area contributed by atoms with Crippen LogP contribution < -0.4 is 67.5 Å². The highest BCUT2D eigenvalue weighted by molar-refractivity contribution is 6.32. The fraction of sp³-hybridized carbons (Fsp3) is 0.293. The van der Waals surface area contributed by atoms with Crippen molar-refractivity contribution in [3.8, 4) is 40.2 Å². The van der Waals surface area contributed by atoms with Crippen LogP contribution in [0.15, 0.2) is 255 Å². The molecule has 0 unspecified atom stereocenters. The van der Waals surface area contributed by atoms with Gasteiger partial charge in [0.1, 0.15) is 86.5 Å². The number of amides is 14. The summed E-state index contributed by atoms with van der Waals surface area (Å²) >= 11 is 0. The van der Waals surface area contributed by atoms with Crippen LogP contribution in [0.5, 0.6) is 40.2 Å². The van der Waals surface area contributed by atoms with Crippen LogP contribution in [0.2, 0.25) is 0 Å². The van der Waals surface area contributed by atoms with Crippen LogP contribution in [0.4, 0.5) is 39.8 Å². The van der Waals surface area contributed by atoms with E-state index in [1.165, 1.54) is 85.1 Å². The lowest BCUT2D eigenvalue weighted by molar-refractivity contribution is -0.121. The Labute approximate surface area is 792 Å². The van der Waals surface area contributed by atoms with Crippen LogP contribution in [-0.4, -0.2) is 275 Å². The van der Waals surface area contributed by atoms with Crippen LogP contribution in [0, 0.1) is 0 Å². The van der Waals surface area contributed by atoms with Crippen molar-refractivity contribution in [1.82, 2.24) is 0 Å². The quantitative estimate of drug-likeness (QED) is 0.0266. The molecule has 0 fully saturated rings. The summed E-state index contributed by atoms with van der Waals surface area (Å²) in [5.74, 6) is -0.839. The number of anilines is 7. The maximum atomic E-state index is 11.7. The molecule has 0 radical (unpaired) electrons. The van der Waals surface area contributed by atoms with Gasteiger partial charge < -0.3 is 85.3 Å². The van der Waals surface area contributed by atoms with E-state index < -0.39 is 0 Å². The summed E-state index contributed by atoms with van der Waals surface area (Å²) in [4.78, 5) is 171. The number of hydrogen-bond acceptors (Lipinski definition) is 32. The Hall–Kier alpha value is -15.1. The highest BCUT2D eigenvalue weighted by Crippen LogP contribution is 2.30. The van der Waals surface area contributed by atoms with E-state index in [9.17, 15) is 67.1 Å². The zero-order valence-corrected chi connectivity index (χ0v) is 75.2. The number of carbonyl (C=O) groups is 14. The van der Waals surface area contributed by atoms with Gasteiger partial charge in [-0.05, 0) is 170 Å². The van der Waals surface area contributed by atoms with E-state index in [0.29, 0.717) is 252 Å². The van der Waals surface area contributed by atoms with E-state index in [2.05, 4.69) is 0 Å². The van der Waals surface area contributed by atoms with Gasteiger partial charge in [0.2, 0.25) is 0 Å². The van der Waals surface area contributed by atoms with Crippen LogP contribution in [0.3, 0.4) is 0 Å². The molecular formula is C99H101N7O32. The summed E-state index contributed by atoms with van der Waals surface area (Å²) in [5.41, 5.74) is 3.44. The standard InChI is InChI=1S/C30H32N2O10.C28H28N2O9.C22H16N2O6.C19H25NO7/c33-27-9-10-28(34)31(27)23-1-5-25(6-2-23)41-21-19-39-17-15-37-13-14-38-16-18-40-20-22-42-26-7-3-24(4-8-26)32-29(35)11-12-30(32)36;31-25-9-10-26(32)29(25)21-1-5-23(6-2-21)38-19-17-36-15-13-35-14-16-37-18-20-39-24-7-3-22(4-8-24)30-27(33)11-12-28(30)34;25-19-9-10-20(26)23(19)15-1-5-17(6-2-15)29-13-14-30-18-7-3-16(4-8-18)24-21(27)11-12-22(24)28;1-23-8-9-24-10-11-25-12-13-26-14-15-27-17-4-2-16(3-5-17)20-18(21)6-7-19(20)22/h1-12H,13-22H2;1-12H,13-20H2;1-12H,13-14H2;2-7H,8-15H2,1H3. The van der Waals surface area contributed by atoms with Gasteiger partial charge in [0, 0.05) is 92.2 Å². The molecular weight excluding hydrogens is 1800 g/mol. The molecule has 0 saturated carbocycles. The van der Waals surface area contributed by atoms with Gasteiger partial charge in [-0.25, -0.2) is 34.3 Å². The summed E-state index contributed by atoms with van der Waals surface area (Å²) in [6.07, 6.45) is 17.4. The molecule has 0 bridgehead atoms. The van der Waals surface area contributed by atoms with Crippen molar-refractivity contribution >= 4 is 123 Å². The monoisotopic (exact) mass is 1900 g/mol. The zero-order chi connectivity index (χ0) is 97.4. The Bertz CT molecular complexity index is 5100. The van der Waals surface area contributed by atoms with Crippen molar-refractivity contribution in [3.63, 3.8) is 0 Å². The summed E-state index contributed by atoms with van der Waals surface area (Å²) in [7, 11) is 1.63. The predicted octanol–water partition coefficient (Wildman–Crippen LogP) is 7.32. The zero-order valence-electron chi connectivity index (χ0n) is 75.2. The van der Waals surface area contributed by atoms with E-state index in [1.807, 2.05) is 0 Å². The van der Waals surface area contributed by atoms with Gasteiger partial charge in [0.05, 0.1) is 179 Å². The van der Waals surface area contributed by atoms with E-state index in [0.717, 1.165) is 34.3 Å². The summed E-state index contributed by atoms with van der Waals surface area (Å²) in [5, 5.41) is 0. The Morgan fingerprint density at radius 1 is 0.138 bits per heavy atom. The topological polar surface area (TPSA) is 428 Å². The first-order valence-electron chi connectivity index (χ1n) is 43.6. The van der Waals surface area contributed by atoms with Crippen molar-refractivity contribution in [1.29, 1.82) is 0 Å². The maximum absolute atomic E-state index is 11.7. The molecule has 0 aromatic heterocycles. The molecule has 0 atom stereocenters. The van der Waals surface area contributed by atoms with Crippen molar-refractivity contribution in [2.45, 2.75) is 0 Å². The Balaban J connectivity index is 0.000000179. The van der Waals surface area contributed by atoms with Gasteiger partial charge in [-0.1, -0.05) is 0 Å². The van der Waals surface area contributed by atoms with E-state index in [4.69, 9.17) is 85.3 Å². The molecule has 7 aliphatic rings. The smallest absolute Gasteiger partial charge is 0.258 e. The van der Waals surface area contributed by atoms with Gasteiger partial charge in [0.15, 0.2) is 0 Å². The van der Waals surface area contributed by atoms with Crippen LogP contribution in [0.1, 0.15) is 0 Å². The molecule has 7 heterocycles. The number of hydrogen-bond donors (Lipinski definition) is 0. The molecule has 14 rings (SSSR count). The van der Waals surface area contributed by atoms with Crippen molar-refractivity contribution in [3.05, 3.63) is 255 Å². The molecule has 0 spiro atoms. The van der Waals surface area contributed by atoms with Gasteiger partial charge in [0.25, 0.3) is 82.7 Å². The number of carbonyl (C=O) groups excluding carboxylic acids is 14. The second-order valence-electron chi connectivity index (χ2n) is 28.9. The predicted molar refractivity (Wildman–Crippen MR) is 495 cm³/mol. The van der Waals surface area contributed by atoms with Crippen molar-refractivity contribution < 1.29 is 152 Å². The summed E-state index contributed by atoms with van der Waals surface area (Å²) in [6, 6.07) is 46.7. The Kier molecular flexibility index (Phi) is 42.1. The normalized spacial score (nSPS) is 14.6. The highest BCUT2D eigenvalue weighted by atomic mass is 16.6. The number of imide groups is 7. The molecule has 0 saturated heterocycles. The Morgan fingerprint density at radius 3 is 0.341 bits per heavy atom. The van der Waals surface area contributed by atoms with Gasteiger partial charge in [-0.3, -0.25) is 67.1 Å². The second-order valence-corrected chi connectivity index (χ2v) is 28.9. The van der Waals surface area contributed by atoms with Crippen molar-refractivity contribution in [2.24, 2.45) is 0 Å². The first-order chi connectivity index (χ1) is 67.3. The minimum Gasteiger partial charge on any atom is -0.491 e. The molecule has 39 heteroatoms. The first kappa shape index (κ1) is 103. The third-order valence-corrected chi connectivity index (χ3v) is 19.5. The SMILES string of the molecule is COCCOCCOCCOCCOc1ccc(N2C(=O)C=CC2=O)cc1.O=C1C=CC(=O)N1c1ccc(OCCOCCOCCOCCOCCOc2ccc(N3C(=O)C=CC3=O)cc2)cc1.O=C1C=CC(=O)N1c1ccc(OCCOCCOCCOCCOc2ccc(N3C(=O)C=CC3=O)cc2)cc1.O=C1C=CC(=O)N1c1ccc(OCCOc2ccc(N3C(=O)C=CC3=O)cc2)cc1. The van der Waals surface area contributed by atoms with Crippen molar-refractivity contribution in [2.75, 3.05) is 226 Å². The molecule has 724 valence electrons. The van der Waals surface area contributed by atoms with Gasteiger partial charge in [-0.2, -0.15) is 0 Å². The first-order valence-corrected chi connectivity index (χ1v) is 43.6. The van der Waals surface area contributed by atoms with E-state index in [1.54, 1.807) is 177 Å². The molecule has 7 aromatic carbocycles.